The van der Waals surface area contributed by atoms with Gasteiger partial charge >= 0.3 is 0 Å². The van der Waals surface area contributed by atoms with E-state index in [2.05, 4.69) is 4.98 Å². The zero-order valence-corrected chi connectivity index (χ0v) is 11.9. The Balaban J connectivity index is 2.06. The molecule has 3 nitrogen and oxygen atoms in total. The Hall–Kier alpha value is -2.16. The fraction of sp³-hybridized carbons (Fsp3) is 0.294. The Morgan fingerprint density at radius 2 is 1.95 bits per heavy atom. The van der Waals surface area contributed by atoms with Crippen LogP contribution in [0.15, 0.2) is 42.7 Å². The summed E-state index contributed by atoms with van der Waals surface area (Å²) in [6, 6.07) is 9.76. The van der Waals surface area contributed by atoms with Crippen LogP contribution in [0.1, 0.15) is 34.8 Å². The van der Waals surface area contributed by atoms with Crippen molar-refractivity contribution < 1.29 is 9.53 Å². The molecule has 0 aliphatic carbocycles. The molecule has 104 valence electrons. The minimum atomic E-state index is 0.0586. The molecule has 0 fully saturated rings. The second kappa shape index (κ2) is 6.85. The van der Waals surface area contributed by atoms with Gasteiger partial charge in [-0.3, -0.25) is 9.78 Å². The van der Waals surface area contributed by atoms with Crippen molar-refractivity contribution in [2.24, 2.45) is 0 Å². The highest BCUT2D eigenvalue weighted by Gasteiger charge is 2.09. The van der Waals surface area contributed by atoms with Crippen molar-refractivity contribution in [3.63, 3.8) is 0 Å². The molecular formula is C17H19NO2. The number of carbonyl (C=O) groups is 1. The quantitative estimate of drug-likeness (QED) is 0.752. The molecule has 1 aromatic heterocycles. The number of ether oxygens (including phenoxy) is 1. The lowest BCUT2D eigenvalue weighted by atomic mass is 10.0. The van der Waals surface area contributed by atoms with Crippen molar-refractivity contribution in [2.75, 3.05) is 6.61 Å². The number of Topliss-reactive ketones (excluding diaryl/α,β-unsaturated/α-hetero) is 1. The average Bonchev–Trinajstić information content (AvgIpc) is 2.48. The predicted octanol–water partition coefficient (Wildman–Crippen LogP) is 3.60. The van der Waals surface area contributed by atoms with Crippen molar-refractivity contribution in [3.8, 4) is 5.75 Å². The number of aromatic nitrogens is 1. The molecule has 0 saturated heterocycles. The van der Waals surface area contributed by atoms with Crippen molar-refractivity contribution >= 4 is 5.78 Å². The maximum Gasteiger partial charge on any atom is 0.168 e. The van der Waals surface area contributed by atoms with Gasteiger partial charge in [-0.1, -0.05) is 36.8 Å². The van der Waals surface area contributed by atoms with E-state index in [0.717, 1.165) is 12.0 Å². The van der Waals surface area contributed by atoms with Crippen LogP contribution in [0.3, 0.4) is 0 Å². The number of hydrogen-bond acceptors (Lipinski definition) is 3. The Labute approximate surface area is 119 Å². The van der Waals surface area contributed by atoms with Crippen LogP contribution in [0.4, 0.5) is 0 Å². The molecule has 0 N–H and O–H groups in total. The Kier molecular flexibility index (Phi) is 4.88. The smallest absolute Gasteiger partial charge is 0.168 e. The summed E-state index contributed by atoms with van der Waals surface area (Å²) in [7, 11) is 0. The van der Waals surface area contributed by atoms with Gasteiger partial charge in [0.25, 0.3) is 0 Å². The molecule has 1 heterocycles. The summed E-state index contributed by atoms with van der Waals surface area (Å²) in [6.45, 7) is 4.71. The Bertz CT molecular complexity index is 576. The van der Waals surface area contributed by atoms with Gasteiger partial charge in [-0.25, -0.2) is 0 Å². The second-order valence-electron chi connectivity index (χ2n) is 4.84. The summed E-state index contributed by atoms with van der Waals surface area (Å²) in [5.74, 6) is 0.713. The average molecular weight is 269 g/mol. The van der Waals surface area contributed by atoms with Gasteiger partial charge in [0.15, 0.2) is 5.78 Å². The maximum atomic E-state index is 12.2. The predicted molar refractivity (Wildman–Crippen MR) is 79.2 cm³/mol. The Morgan fingerprint density at radius 3 is 2.65 bits per heavy atom. The largest absolute Gasteiger partial charge is 0.492 e. The first-order chi connectivity index (χ1) is 9.69. The van der Waals surface area contributed by atoms with E-state index < -0.39 is 0 Å². The van der Waals surface area contributed by atoms with E-state index in [0.29, 0.717) is 24.3 Å². The van der Waals surface area contributed by atoms with Crippen LogP contribution in [-0.4, -0.2) is 17.4 Å². The van der Waals surface area contributed by atoms with Crippen LogP contribution in [0.25, 0.3) is 0 Å². The third kappa shape index (κ3) is 3.92. The highest BCUT2D eigenvalue weighted by Crippen LogP contribution is 2.14. The molecule has 1 aromatic carbocycles. The highest BCUT2D eigenvalue weighted by molar-refractivity contribution is 5.97. The number of pyridine rings is 1. The van der Waals surface area contributed by atoms with E-state index in [9.17, 15) is 4.79 Å². The van der Waals surface area contributed by atoms with Crippen LogP contribution in [-0.2, 0) is 6.42 Å². The summed E-state index contributed by atoms with van der Waals surface area (Å²) in [4.78, 5) is 16.3. The fourth-order valence-electron chi connectivity index (χ4n) is 1.86. The van der Waals surface area contributed by atoms with Crippen molar-refractivity contribution in [1.29, 1.82) is 0 Å². The molecular weight excluding hydrogens is 250 g/mol. The van der Waals surface area contributed by atoms with E-state index in [1.165, 1.54) is 5.56 Å². The molecule has 0 unspecified atom stereocenters. The summed E-state index contributed by atoms with van der Waals surface area (Å²) in [5, 5.41) is 0. The first-order valence-corrected chi connectivity index (χ1v) is 6.85. The zero-order chi connectivity index (χ0) is 14.4. The molecule has 0 saturated carbocycles. The summed E-state index contributed by atoms with van der Waals surface area (Å²) in [5.41, 5.74) is 2.80. The summed E-state index contributed by atoms with van der Waals surface area (Å²) >= 11 is 0. The SMILES string of the molecule is CCCOc1cncc(C(=O)Cc2ccc(C)cc2)c1. The second-order valence-corrected chi connectivity index (χ2v) is 4.84. The number of hydrogen-bond donors (Lipinski definition) is 0. The number of ketones is 1. The standard InChI is InChI=1S/C17H19NO2/c1-3-8-20-16-10-15(11-18-12-16)17(19)9-14-6-4-13(2)5-7-14/h4-7,10-12H,3,8-9H2,1-2H3. The van der Waals surface area contributed by atoms with Crippen LogP contribution >= 0.6 is 0 Å². The summed E-state index contributed by atoms with van der Waals surface area (Å²) < 4.78 is 5.50. The van der Waals surface area contributed by atoms with E-state index in [1.807, 2.05) is 38.1 Å². The minimum absolute atomic E-state index is 0.0586. The third-order valence-corrected chi connectivity index (χ3v) is 2.99. The molecule has 0 atom stereocenters. The summed E-state index contributed by atoms with van der Waals surface area (Å²) in [6.07, 6.45) is 4.55. The van der Waals surface area contributed by atoms with Gasteiger partial charge in [0.05, 0.1) is 12.8 Å². The van der Waals surface area contributed by atoms with Gasteiger partial charge < -0.3 is 4.74 Å². The molecule has 0 aliphatic heterocycles. The van der Waals surface area contributed by atoms with E-state index >= 15 is 0 Å². The first-order valence-electron chi connectivity index (χ1n) is 6.85. The molecule has 2 aromatic rings. The number of aryl methyl sites for hydroxylation is 1. The van der Waals surface area contributed by atoms with Gasteiger partial charge in [0.1, 0.15) is 5.75 Å². The van der Waals surface area contributed by atoms with E-state index in [1.54, 1.807) is 18.5 Å². The molecule has 0 amide bonds. The monoisotopic (exact) mass is 269 g/mol. The van der Waals surface area contributed by atoms with Gasteiger partial charge in [-0.15, -0.1) is 0 Å². The number of benzene rings is 1. The molecule has 0 spiro atoms. The lowest BCUT2D eigenvalue weighted by Crippen LogP contribution is -2.05. The molecule has 0 bridgehead atoms. The number of carbonyl (C=O) groups excluding carboxylic acids is 1. The lowest BCUT2D eigenvalue weighted by molar-refractivity contribution is 0.0992. The van der Waals surface area contributed by atoms with Gasteiger partial charge in [-0.05, 0) is 25.0 Å². The third-order valence-electron chi connectivity index (χ3n) is 2.99. The van der Waals surface area contributed by atoms with Crippen LogP contribution in [0.2, 0.25) is 0 Å². The number of nitrogens with zero attached hydrogens (tertiary/aromatic N) is 1. The van der Waals surface area contributed by atoms with E-state index in [-0.39, 0.29) is 5.78 Å². The highest BCUT2D eigenvalue weighted by atomic mass is 16.5. The molecule has 2 rings (SSSR count). The Morgan fingerprint density at radius 1 is 1.20 bits per heavy atom. The topological polar surface area (TPSA) is 39.2 Å². The van der Waals surface area contributed by atoms with Gasteiger partial charge in [0.2, 0.25) is 0 Å². The van der Waals surface area contributed by atoms with Gasteiger partial charge in [-0.2, -0.15) is 0 Å². The molecule has 20 heavy (non-hydrogen) atoms. The minimum Gasteiger partial charge on any atom is -0.492 e. The van der Waals surface area contributed by atoms with Crippen LogP contribution in [0, 0.1) is 6.92 Å². The molecule has 0 aliphatic rings. The zero-order valence-electron chi connectivity index (χ0n) is 11.9. The molecule has 0 radical (unpaired) electrons. The van der Waals surface area contributed by atoms with Crippen molar-refractivity contribution in [3.05, 3.63) is 59.4 Å². The fourth-order valence-corrected chi connectivity index (χ4v) is 1.86. The van der Waals surface area contributed by atoms with Crippen LogP contribution < -0.4 is 4.74 Å². The van der Waals surface area contributed by atoms with Gasteiger partial charge in [0, 0.05) is 18.2 Å². The van der Waals surface area contributed by atoms with Crippen LogP contribution in [0.5, 0.6) is 5.75 Å². The maximum absolute atomic E-state index is 12.2. The first kappa shape index (κ1) is 14.3. The number of rotatable bonds is 6. The van der Waals surface area contributed by atoms with Crippen molar-refractivity contribution in [1.82, 2.24) is 4.98 Å². The van der Waals surface area contributed by atoms with E-state index in [4.69, 9.17) is 4.74 Å². The lowest BCUT2D eigenvalue weighted by Gasteiger charge is -2.06. The normalized spacial score (nSPS) is 10.3. The van der Waals surface area contributed by atoms with Crippen molar-refractivity contribution in [2.45, 2.75) is 26.7 Å². The molecule has 3 heteroatoms.